The Kier molecular flexibility index (Phi) is 5.76. The van der Waals surface area contributed by atoms with Crippen LogP contribution in [-0.4, -0.2) is 32.7 Å². The van der Waals surface area contributed by atoms with Gasteiger partial charge in [0.1, 0.15) is 5.82 Å². The van der Waals surface area contributed by atoms with Crippen molar-refractivity contribution < 1.29 is 27.1 Å². The van der Waals surface area contributed by atoms with Gasteiger partial charge in [-0.05, 0) is 43.7 Å². The standard InChI is InChI=1S/C18H18FNO5S/c1-11-8-9-13(26(3,23)24)10-14(11)18(22)25-12(2)17(21)20-16-7-5-4-6-15(16)19/h4-10,12H,1-3H3,(H,20,21)/t12-/m0/s1. The Labute approximate surface area is 150 Å². The fourth-order valence-electron chi connectivity index (χ4n) is 2.13. The molecule has 0 bridgehead atoms. The fraction of sp³-hybridized carbons (Fsp3) is 0.222. The first-order chi connectivity index (χ1) is 12.1. The molecule has 1 amide bonds. The summed E-state index contributed by atoms with van der Waals surface area (Å²) >= 11 is 0. The molecule has 0 spiro atoms. The largest absolute Gasteiger partial charge is 0.449 e. The van der Waals surface area contributed by atoms with E-state index in [1.807, 2.05) is 0 Å². The Balaban J connectivity index is 2.14. The van der Waals surface area contributed by atoms with Crippen LogP contribution in [0.15, 0.2) is 47.4 Å². The van der Waals surface area contributed by atoms with Gasteiger partial charge in [-0.25, -0.2) is 17.6 Å². The highest BCUT2D eigenvalue weighted by Crippen LogP contribution is 2.18. The van der Waals surface area contributed by atoms with E-state index in [1.165, 1.54) is 43.3 Å². The number of aryl methyl sites for hydroxylation is 1. The number of hydrogen-bond donors (Lipinski definition) is 1. The monoisotopic (exact) mass is 379 g/mol. The van der Waals surface area contributed by atoms with Crippen LogP contribution in [0.1, 0.15) is 22.8 Å². The van der Waals surface area contributed by atoms with E-state index in [9.17, 15) is 22.4 Å². The minimum absolute atomic E-state index is 0.0292. The lowest BCUT2D eigenvalue weighted by atomic mass is 10.1. The van der Waals surface area contributed by atoms with Crippen LogP contribution < -0.4 is 5.32 Å². The third-order valence-electron chi connectivity index (χ3n) is 3.64. The third kappa shape index (κ3) is 4.66. The van der Waals surface area contributed by atoms with Crippen molar-refractivity contribution in [3.8, 4) is 0 Å². The van der Waals surface area contributed by atoms with E-state index in [0.29, 0.717) is 5.56 Å². The molecule has 0 radical (unpaired) electrons. The van der Waals surface area contributed by atoms with Gasteiger partial charge in [0.05, 0.1) is 16.1 Å². The molecule has 2 aromatic rings. The van der Waals surface area contributed by atoms with Gasteiger partial charge in [-0.1, -0.05) is 18.2 Å². The van der Waals surface area contributed by atoms with Crippen molar-refractivity contribution in [3.63, 3.8) is 0 Å². The number of para-hydroxylation sites is 1. The summed E-state index contributed by atoms with van der Waals surface area (Å²) < 4.78 is 41.9. The average Bonchev–Trinajstić information content (AvgIpc) is 2.56. The number of rotatable bonds is 5. The third-order valence-corrected chi connectivity index (χ3v) is 4.75. The number of benzene rings is 2. The number of esters is 1. The van der Waals surface area contributed by atoms with Crippen molar-refractivity contribution in [1.82, 2.24) is 0 Å². The molecule has 0 heterocycles. The molecule has 26 heavy (non-hydrogen) atoms. The highest BCUT2D eigenvalue weighted by atomic mass is 32.2. The molecule has 0 aromatic heterocycles. The normalized spacial score (nSPS) is 12.3. The number of hydrogen-bond acceptors (Lipinski definition) is 5. The molecule has 1 N–H and O–H groups in total. The van der Waals surface area contributed by atoms with Gasteiger partial charge < -0.3 is 10.1 Å². The second-order valence-corrected chi connectivity index (χ2v) is 7.78. The average molecular weight is 379 g/mol. The van der Waals surface area contributed by atoms with Gasteiger partial charge in [0.25, 0.3) is 5.91 Å². The summed E-state index contributed by atoms with van der Waals surface area (Å²) in [6.07, 6.45) is -0.180. The van der Waals surface area contributed by atoms with Crippen molar-refractivity contribution in [1.29, 1.82) is 0 Å². The van der Waals surface area contributed by atoms with Gasteiger partial charge in [0, 0.05) is 6.26 Å². The van der Waals surface area contributed by atoms with Crippen LogP contribution >= 0.6 is 0 Å². The molecule has 2 rings (SSSR count). The molecule has 0 fully saturated rings. The smallest absolute Gasteiger partial charge is 0.339 e. The molecule has 8 heteroatoms. The number of carbonyl (C=O) groups is 2. The molecule has 0 saturated heterocycles. The van der Waals surface area contributed by atoms with Crippen LogP contribution in [0.5, 0.6) is 0 Å². The van der Waals surface area contributed by atoms with E-state index in [2.05, 4.69) is 5.32 Å². The molecule has 138 valence electrons. The lowest BCUT2D eigenvalue weighted by Crippen LogP contribution is -2.30. The number of carbonyl (C=O) groups excluding carboxylic acids is 2. The Morgan fingerprint density at radius 1 is 1.15 bits per heavy atom. The van der Waals surface area contributed by atoms with E-state index in [1.54, 1.807) is 13.0 Å². The van der Waals surface area contributed by atoms with Crippen LogP contribution in [0.2, 0.25) is 0 Å². The van der Waals surface area contributed by atoms with Crippen LogP contribution in [-0.2, 0) is 19.4 Å². The van der Waals surface area contributed by atoms with E-state index >= 15 is 0 Å². The summed E-state index contributed by atoms with van der Waals surface area (Å²) in [6.45, 7) is 2.95. The summed E-state index contributed by atoms with van der Waals surface area (Å²) in [6, 6.07) is 9.66. The highest BCUT2D eigenvalue weighted by Gasteiger charge is 2.22. The molecule has 0 aliphatic heterocycles. The molecule has 0 aliphatic rings. The van der Waals surface area contributed by atoms with Gasteiger partial charge in [0.2, 0.25) is 0 Å². The van der Waals surface area contributed by atoms with Gasteiger partial charge in [-0.3, -0.25) is 4.79 Å². The number of ether oxygens (including phenoxy) is 1. The van der Waals surface area contributed by atoms with Crippen molar-refractivity contribution in [2.24, 2.45) is 0 Å². The fourth-order valence-corrected chi connectivity index (χ4v) is 2.77. The molecule has 1 atom stereocenters. The molecule has 0 aliphatic carbocycles. The molecule has 6 nitrogen and oxygen atoms in total. The number of amides is 1. The van der Waals surface area contributed by atoms with E-state index < -0.39 is 33.6 Å². The lowest BCUT2D eigenvalue weighted by Gasteiger charge is -2.15. The zero-order valence-corrected chi connectivity index (χ0v) is 15.3. The highest BCUT2D eigenvalue weighted by molar-refractivity contribution is 7.90. The summed E-state index contributed by atoms with van der Waals surface area (Å²) in [4.78, 5) is 24.4. The predicted octanol–water partition coefficient (Wildman–Crippen LogP) is 2.72. The van der Waals surface area contributed by atoms with Crippen molar-refractivity contribution in [3.05, 3.63) is 59.4 Å². The Bertz CT molecular complexity index is 956. The molecular formula is C18H18FNO5S. The SMILES string of the molecule is Cc1ccc(S(C)(=O)=O)cc1C(=O)O[C@@H](C)C(=O)Nc1ccccc1F. The number of halogens is 1. The van der Waals surface area contributed by atoms with Crippen LogP contribution in [0.25, 0.3) is 0 Å². The zero-order valence-electron chi connectivity index (χ0n) is 14.4. The van der Waals surface area contributed by atoms with E-state index in [-0.39, 0.29) is 16.1 Å². The predicted molar refractivity (Wildman–Crippen MR) is 94.2 cm³/mol. The minimum atomic E-state index is -3.49. The molecule has 0 unspecified atom stereocenters. The first-order valence-electron chi connectivity index (χ1n) is 7.66. The Hall–Kier alpha value is -2.74. The van der Waals surface area contributed by atoms with Crippen LogP contribution in [0.3, 0.4) is 0 Å². The molecule has 0 saturated carbocycles. The van der Waals surface area contributed by atoms with E-state index in [0.717, 1.165) is 6.26 Å². The maximum atomic E-state index is 13.6. The number of sulfone groups is 1. The van der Waals surface area contributed by atoms with Crippen LogP contribution in [0, 0.1) is 12.7 Å². The Morgan fingerprint density at radius 2 is 1.81 bits per heavy atom. The van der Waals surface area contributed by atoms with Crippen molar-refractivity contribution in [2.75, 3.05) is 11.6 Å². The van der Waals surface area contributed by atoms with Crippen LogP contribution in [0.4, 0.5) is 10.1 Å². The van der Waals surface area contributed by atoms with Crippen molar-refractivity contribution >= 4 is 27.4 Å². The summed E-state index contributed by atoms with van der Waals surface area (Å²) in [7, 11) is -3.49. The van der Waals surface area contributed by atoms with Gasteiger partial charge in [-0.15, -0.1) is 0 Å². The van der Waals surface area contributed by atoms with Gasteiger partial charge in [0.15, 0.2) is 15.9 Å². The zero-order chi connectivity index (χ0) is 19.5. The lowest BCUT2D eigenvalue weighted by molar-refractivity contribution is -0.123. The second kappa shape index (κ2) is 7.65. The first-order valence-corrected chi connectivity index (χ1v) is 9.56. The van der Waals surface area contributed by atoms with Gasteiger partial charge in [-0.2, -0.15) is 0 Å². The maximum Gasteiger partial charge on any atom is 0.339 e. The molecule has 2 aromatic carbocycles. The summed E-state index contributed by atoms with van der Waals surface area (Å²) in [5, 5.41) is 2.33. The maximum absolute atomic E-state index is 13.6. The first kappa shape index (κ1) is 19.6. The molecular weight excluding hydrogens is 361 g/mol. The minimum Gasteiger partial charge on any atom is -0.449 e. The Morgan fingerprint density at radius 3 is 2.42 bits per heavy atom. The quantitative estimate of drug-likeness (QED) is 0.807. The van der Waals surface area contributed by atoms with Crippen molar-refractivity contribution in [2.45, 2.75) is 24.8 Å². The van der Waals surface area contributed by atoms with E-state index in [4.69, 9.17) is 4.74 Å². The topological polar surface area (TPSA) is 89.5 Å². The van der Waals surface area contributed by atoms with Gasteiger partial charge >= 0.3 is 5.97 Å². The number of nitrogens with one attached hydrogen (secondary N) is 1. The summed E-state index contributed by atoms with van der Waals surface area (Å²) in [5.41, 5.74) is 0.512. The second-order valence-electron chi connectivity index (χ2n) is 5.77. The summed E-state index contributed by atoms with van der Waals surface area (Å²) in [5.74, 6) is -2.17. The number of anilines is 1.